The summed E-state index contributed by atoms with van der Waals surface area (Å²) in [6.07, 6.45) is 1.54. The third-order valence-electron chi connectivity index (χ3n) is 4.41. The second-order valence-electron chi connectivity index (χ2n) is 6.41. The third-order valence-corrected chi connectivity index (χ3v) is 4.41. The summed E-state index contributed by atoms with van der Waals surface area (Å²) >= 11 is 0. The minimum atomic E-state index is -0.293. The Balaban J connectivity index is 1.76. The molecule has 3 heterocycles. The van der Waals surface area contributed by atoms with Gasteiger partial charge in [-0.3, -0.25) is 4.79 Å². The molecule has 4 rings (SSSR count). The van der Waals surface area contributed by atoms with Gasteiger partial charge in [0.05, 0.1) is 41.3 Å². The van der Waals surface area contributed by atoms with Gasteiger partial charge < -0.3 is 14.6 Å². The van der Waals surface area contributed by atoms with Gasteiger partial charge in [0.2, 0.25) is 5.88 Å². The van der Waals surface area contributed by atoms with E-state index in [9.17, 15) is 4.79 Å². The van der Waals surface area contributed by atoms with Crippen molar-refractivity contribution in [1.82, 2.24) is 15.1 Å². The molecule has 3 aromatic heterocycles. The fourth-order valence-electron chi connectivity index (χ4n) is 2.92. The maximum absolute atomic E-state index is 13.0. The summed E-state index contributed by atoms with van der Waals surface area (Å²) in [7, 11) is 1.54. The number of carbonyl (C=O) groups is 1. The molecular formula is C21H18N4O3. The lowest BCUT2D eigenvalue weighted by Gasteiger charge is -2.09. The molecule has 1 amide bonds. The average Bonchev–Trinajstić information content (AvgIpc) is 3.09. The molecule has 140 valence electrons. The summed E-state index contributed by atoms with van der Waals surface area (Å²) in [5.41, 5.74) is 4.61. The molecule has 0 saturated carbocycles. The Morgan fingerprint density at radius 3 is 2.57 bits per heavy atom. The Labute approximate surface area is 161 Å². The number of fused-ring (bicyclic) bond motifs is 1. The van der Waals surface area contributed by atoms with Crippen molar-refractivity contribution in [3.8, 4) is 17.1 Å². The molecule has 0 atom stereocenters. The fraction of sp³-hybridized carbons (Fsp3) is 0.143. The minimum absolute atomic E-state index is 0.293. The van der Waals surface area contributed by atoms with Crippen LogP contribution in [0, 0.1) is 13.8 Å². The second kappa shape index (κ2) is 7.11. The van der Waals surface area contributed by atoms with E-state index in [1.165, 1.54) is 13.3 Å². The van der Waals surface area contributed by atoms with Gasteiger partial charge in [-0.25, -0.2) is 9.97 Å². The van der Waals surface area contributed by atoms with Crippen LogP contribution in [-0.2, 0) is 0 Å². The first kappa shape index (κ1) is 17.7. The Kier molecular flexibility index (Phi) is 4.49. The van der Waals surface area contributed by atoms with E-state index in [0.29, 0.717) is 39.6 Å². The van der Waals surface area contributed by atoms with Gasteiger partial charge in [0.15, 0.2) is 0 Å². The van der Waals surface area contributed by atoms with Crippen molar-refractivity contribution >= 4 is 22.7 Å². The molecule has 0 spiro atoms. The van der Waals surface area contributed by atoms with Gasteiger partial charge >= 0.3 is 0 Å². The first-order valence-corrected chi connectivity index (χ1v) is 8.70. The molecule has 0 bridgehead atoms. The molecule has 28 heavy (non-hydrogen) atoms. The Morgan fingerprint density at radius 2 is 1.89 bits per heavy atom. The second-order valence-corrected chi connectivity index (χ2v) is 6.41. The highest BCUT2D eigenvalue weighted by Gasteiger charge is 2.19. The van der Waals surface area contributed by atoms with Crippen LogP contribution in [-0.4, -0.2) is 28.1 Å². The Hall–Kier alpha value is -3.74. The molecule has 4 aromatic rings. The van der Waals surface area contributed by atoms with E-state index in [4.69, 9.17) is 9.26 Å². The highest BCUT2D eigenvalue weighted by Crippen LogP contribution is 2.28. The SMILES string of the molecule is COc1ccc(NC(=O)c2cc(-c3ccc(C)cc3)nc3onc(C)c23)cn1. The van der Waals surface area contributed by atoms with Crippen LogP contribution in [0.5, 0.6) is 5.88 Å². The lowest BCUT2D eigenvalue weighted by molar-refractivity contribution is 0.102. The summed E-state index contributed by atoms with van der Waals surface area (Å²) in [6.45, 7) is 3.80. The van der Waals surface area contributed by atoms with Crippen molar-refractivity contribution < 1.29 is 14.1 Å². The first-order chi connectivity index (χ1) is 13.5. The lowest BCUT2D eigenvalue weighted by Crippen LogP contribution is -2.13. The number of amides is 1. The van der Waals surface area contributed by atoms with E-state index >= 15 is 0 Å². The summed E-state index contributed by atoms with van der Waals surface area (Å²) in [5.74, 6) is 0.180. The van der Waals surface area contributed by atoms with Crippen molar-refractivity contribution in [3.05, 3.63) is 65.5 Å². The highest BCUT2D eigenvalue weighted by atomic mass is 16.5. The van der Waals surface area contributed by atoms with E-state index in [1.54, 1.807) is 25.1 Å². The van der Waals surface area contributed by atoms with Crippen molar-refractivity contribution in [2.24, 2.45) is 0 Å². The molecule has 7 nitrogen and oxygen atoms in total. The highest BCUT2D eigenvalue weighted by molar-refractivity contribution is 6.13. The maximum Gasteiger partial charge on any atom is 0.259 e. The number of nitrogens with one attached hydrogen (secondary N) is 1. The molecular weight excluding hydrogens is 356 g/mol. The molecule has 0 aliphatic carbocycles. The van der Waals surface area contributed by atoms with Crippen molar-refractivity contribution in [1.29, 1.82) is 0 Å². The van der Waals surface area contributed by atoms with Crippen LogP contribution < -0.4 is 10.1 Å². The van der Waals surface area contributed by atoms with Gasteiger partial charge in [-0.1, -0.05) is 35.0 Å². The monoisotopic (exact) mass is 374 g/mol. The predicted octanol–water partition coefficient (Wildman–Crippen LogP) is 4.16. The van der Waals surface area contributed by atoms with Crippen molar-refractivity contribution in [2.45, 2.75) is 13.8 Å². The van der Waals surface area contributed by atoms with Gasteiger partial charge in [-0.15, -0.1) is 0 Å². The number of ether oxygens (including phenoxy) is 1. The minimum Gasteiger partial charge on any atom is -0.481 e. The van der Waals surface area contributed by atoms with Gasteiger partial charge in [0.1, 0.15) is 0 Å². The van der Waals surface area contributed by atoms with E-state index in [-0.39, 0.29) is 5.91 Å². The number of nitrogens with zero attached hydrogens (tertiary/aromatic N) is 3. The van der Waals surface area contributed by atoms with E-state index in [0.717, 1.165) is 11.1 Å². The van der Waals surface area contributed by atoms with Crippen LogP contribution in [0.4, 0.5) is 5.69 Å². The largest absolute Gasteiger partial charge is 0.481 e. The van der Waals surface area contributed by atoms with Crippen molar-refractivity contribution in [3.63, 3.8) is 0 Å². The molecule has 7 heteroatoms. The number of hydrogen-bond acceptors (Lipinski definition) is 6. The molecule has 0 aliphatic rings. The molecule has 1 N–H and O–H groups in total. The average molecular weight is 374 g/mol. The molecule has 1 aromatic carbocycles. The van der Waals surface area contributed by atoms with Gasteiger partial charge in [0, 0.05) is 11.6 Å². The van der Waals surface area contributed by atoms with E-state index < -0.39 is 0 Å². The fourth-order valence-corrected chi connectivity index (χ4v) is 2.92. The summed E-state index contributed by atoms with van der Waals surface area (Å²) < 4.78 is 10.4. The number of pyridine rings is 2. The number of rotatable bonds is 4. The van der Waals surface area contributed by atoms with Crippen molar-refractivity contribution in [2.75, 3.05) is 12.4 Å². The zero-order valence-electron chi connectivity index (χ0n) is 15.7. The Bertz CT molecular complexity index is 1150. The molecule has 0 radical (unpaired) electrons. The first-order valence-electron chi connectivity index (χ1n) is 8.70. The van der Waals surface area contributed by atoms with E-state index in [2.05, 4.69) is 20.4 Å². The number of aromatic nitrogens is 3. The summed E-state index contributed by atoms with van der Waals surface area (Å²) in [4.78, 5) is 21.6. The topological polar surface area (TPSA) is 90.1 Å². The zero-order chi connectivity index (χ0) is 19.7. The number of benzene rings is 1. The number of anilines is 1. The maximum atomic E-state index is 13.0. The normalized spacial score (nSPS) is 10.8. The van der Waals surface area contributed by atoms with Crippen LogP contribution in [0.3, 0.4) is 0 Å². The van der Waals surface area contributed by atoms with Crippen LogP contribution in [0.15, 0.2) is 53.2 Å². The van der Waals surface area contributed by atoms with Crippen LogP contribution in [0.25, 0.3) is 22.4 Å². The number of aryl methyl sites for hydroxylation is 2. The van der Waals surface area contributed by atoms with Crippen LogP contribution in [0.1, 0.15) is 21.6 Å². The van der Waals surface area contributed by atoms with Crippen LogP contribution >= 0.6 is 0 Å². The van der Waals surface area contributed by atoms with Gasteiger partial charge in [-0.05, 0) is 26.0 Å². The quantitative estimate of drug-likeness (QED) is 0.577. The standard InChI is InChI=1S/C21H18N4O3/c1-12-4-6-14(7-5-12)17-10-16(19-13(2)25-28-21(19)24-17)20(26)23-15-8-9-18(27-3)22-11-15/h4-11H,1-3H3,(H,23,26). The third kappa shape index (κ3) is 3.29. The number of hydrogen-bond donors (Lipinski definition) is 1. The number of carbonyl (C=O) groups excluding carboxylic acids is 1. The lowest BCUT2D eigenvalue weighted by atomic mass is 10.0. The van der Waals surface area contributed by atoms with Gasteiger partial charge in [-0.2, -0.15) is 0 Å². The zero-order valence-corrected chi connectivity index (χ0v) is 15.7. The molecule has 0 unspecified atom stereocenters. The van der Waals surface area contributed by atoms with Crippen LogP contribution in [0.2, 0.25) is 0 Å². The number of methoxy groups -OCH3 is 1. The predicted molar refractivity (Wildman–Crippen MR) is 105 cm³/mol. The molecule has 0 aliphatic heterocycles. The van der Waals surface area contributed by atoms with E-state index in [1.807, 2.05) is 31.2 Å². The van der Waals surface area contributed by atoms with Gasteiger partial charge in [0.25, 0.3) is 11.6 Å². The smallest absolute Gasteiger partial charge is 0.259 e. The summed E-state index contributed by atoms with van der Waals surface area (Å²) in [6, 6.07) is 13.1. The Morgan fingerprint density at radius 1 is 1.11 bits per heavy atom. The summed E-state index contributed by atoms with van der Waals surface area (Å²) in [5, 5.41) is 7.42. The molecule has 0 fully saturated rings. The molecule has 0 saturated heterocycles.